The number of methoxy groups -OCH3 is 1. The van der Waals surface area contributed by atoms with Crippen LogP contribution in [0.5, 0.6) is 5.75 Å². The second-order valence-corrected chi connectivity index (χ2v) is 10.9. The Hall–Kier alpha value is -2.71. The van der Waals surface area contributed by atoms with Gasteiger partial charge in [-0.15, -0.1) is 11.8 Å². The molecule has 3 aromatic rings. The third-order valence-electron chi connectivity index (χ3n) is 6.39. The lowest BCUT2D eigenvalue weighted by molar-refractivity contribution is -0.113. The molecule has 2 atom stereocenters. The minimum absolute atomic E-state index is 0.0153. The van der Waals surface area contributed by atoms with Crippen LogP contribution in [-0.4, -0.2) is 33.6 Å². The second kappa shape index (κ2) is 9.88. The highest BCUT2D eigenvalue weighted by atomic mass is 32.2. The number of carbonyl (C=O) groups excluding carboxylic acids is 1. The van der Waals surface area contributed by atoms with Crippen LogP contribution in [0.4, 0.5) is 5.69 Å². The molecule has 1 aliphatic heterocycles. The smallest absolute Gasteiger partial charge is 0.263 e. The lowest BCUT2D eigenvalue weighted by Crippen LogP contribution is -2.29. The van der Waals surface area contributed by atoms with Crippen LogP contribution in [-0.2, 0) is 4.79 Å². The number of ether oxygens (including phenoxy) is 1. The zero-order chi connectivity index (χ0) is 23.7. The Morgan fingerprint density at radius 3 is 2.62 bits per heavy atom. The van der Waals surface area contributed by atoms with Gasteiger partial charge in [-0.2, -0.15) is 0 Å². The lowest BCUT2D eigenvalue weighted by Gasteiger charge is -2.24. The number of carbonyl (C=O) groups is 1. The molecule has 176 valence electrons. The number of benzene rings is 2. The maximum absolute atomic E-state index is 13.8. The molecule has 2 aromatic carbocycles. The van der Waals surface area contributed by atoms with Gasteiger partial charge in [0.25, 0.3) is 5.56 Å². The Kier molecular flexibility index (Phi) is 6.70. The average molecular weight is 494 g/mol. The van der Waals surface area contributed by atoms with Crippen LogP contribution in [0, 0.1) is 6.92 Å². The first kappa shape index (κ1) is 23.1. The van der Waals surface area contributed by atoms with E-state index in [9.17, 15) is 9.59 Å². The summed E-state index contributed by atoms with van der Waals surface area (Å²) in [5.74, 6) is 1.01. The minimum atomic E-state index is -0.133. The van der Waals surface area contributed by atoms with Crippen LogP contribution in [0.2, 0.25) is 0 Å². The zero-order valence-electron chi connectivity index (χ0n) is 19.2. The maximum atomic E-state index is 13.8. The van der Waals surface area contributed by atoms with Crippen LogP contribution < -0.4 is 15.6 Å². The van der Waals surface area contributed by atoms with Crippen LogP contribution in [0.15, 0.2) is 63.5 Å². The maximum Gasteiger partial charge on any atom is 0.263 e. The summed E-state index contributed by atoms with van der Waals surface area (Å²) in [6, 6.07) is 15.1. The number of aryl methyl sites for hydroxylation is 1. The topological polar surface area (TPSA) is 73.2 Å². The van der Waals surface area contributed by atoms with Crippen molar-refractivity contribution in [1.82, 2.24) is 9.55 Å². The van der Waals surface area contributed by atoms with Gasteiger partial charge in [-0.05, 0) is 56.2 Å². The van der Waals surface area contributed by atoms with Crippen molar-refractivity contribution in [3.8, 4) is 11.4 Å². The fourth-order valence-corrected chi connectivity index (χ4v) is 7.01. The summed E-state index contributed by atoms with van der Waals surface area (Å²) in [5, 5.41) is 4.74. The first-order valence-corrected chi connectivity index (χ1v) is 13.4. The average Bonchev–Trinajstić information content (AvgIpc) is 3.23. The molecule has 1 aromatic heterocycles. The Morgan fingerprint density at radius 1 is 1.15 bits per heavy atom. The zero-order valence-corrected chi connectivity index (χ0v) is 20.9. The normalized spacial score (nSPS) is 18.8. The number of nitrogens with zero attached hydrogens (tertiary/aromatic N) is 2. The van der Waals surface area contributed by atoms with Gasteiger partial charge in [0, 0.05) is 16.9 Å². The molecule has 0 saturated heterocycles. The quantitative estimate of drug-likeness (QED) is 0.281. The van der Waals surface area contributed by atoms with Crippen molar-refractivity contribution in [3.63, 3.8) is 0 Å². The molecule has 8 heteroatoms. The number of amides is 1. The molecule has 1 saturated carbocycles. The summed E-state index contributed by atoms with van der Waals surface area (Å²) >= 11 is 3.03. The van der Waals surface area contributed by atoms with Gasteiger partial charge in [-0.25, -0.2) is 4.98 Å². The summed E-state index contributed by atoms with van der Waals surface area (Å²) in [6.45, 7) is 2.01. The summed E-state index contributed by atoms with van der Waals surface area (Å²) in [4.78, 5) is 31.4. The minimum Gasteiger partial charge on any atom is -0.497 e. The highest BCUT2D eigenvalue weighted by molar-refractivity contribution is 8.00. The van der Waals surface area contributed by atoms with E-state index in [1.54, 1.807) is 23.4 Å². The highest BCUT2D eigenvalue weighted by Crippen LogP contribution is 2.50. The fourth-order valence-electron chi connectivity index (χ4n) is 4.63. The molecule has 1 aliphatic carbocycles. The number of rotatable bonds is 6. The standard InChI is InChI=1S/C26H27N3O3S2/c1-16-7-9-17(10-8-16)27-22(30)15-33-26-28-24-23(20-5-3-4-6-21(20)34-24)25(31)29(26)18-11-13-19(32-2)14-12-18/h7-14,20-21H,3-6,15H2,1-2H3,(H,27,30)/t20-,21-/m0/s1. The van der Waals surface area contributed by atoms with Crippen molar-refractivity contribution < 1.29 is 9.53 Å². The molecule has 34 heavy (non-hydrogen) atoms. The van der Waals surface area contributed by atoms with Crippen molar-refractivity contribution in [3.05, 3.63) is 70.0 Å². The lowest BCUT2D eigenvalue weighted by atomic mass is 9.85. The van der Waals surface area contributed by atoms with Crippen LogP contribution >= 0.6 is 23.5 Å². The third-order valence-corrected chi connectivity index (χ3v) is 8.73. The first-order chi connectivity index (χ1) is 16.5. The van der Waals surface area contributed by atoms with Crippen molar-refractivity contribution in [1.29, 1.82) is 0 Å². The van der Waals surface area contributed by atoms with Crippen molar-refractivity contribution in [2.75, 3.05) is 18.2 Å². The SMILES string of the molecule is COc1ccc(-n2c(SCC(=O)Nc3ccc(C)cc3)nc3c(c2=O)[C@H]2CCCC[C@@H]2S3)cc1. The Morgan fingerprint density at radius 2 is 1.88 bits per heavy atom. The number of nitrogens with one attached hydrogen (secondary N) is 1. The van der Waals surface area contributed by atoms with E-state index in [0.717, 1.165) is 52.5 Å². The summed E-state index contributed by atoms with van der Waals surface area (Å²) in [5.41, 5.74) is 3.45. The van der Waals surface area contributed by atoms with Crippen molar-refractivity contribution >= 4 is 35.1 Å². The van der Waals surface area contributed by atoms with E-state index in [-0.39, 0.29) is 23.1 Å². The van der Waals surface area contributed by atoms with E-state index in [1.807, 2.05) is 55.5 Å². The molecular formula is C26H27N3O3S2. The number of anilines is 1. The number of aromatic nitrogens is 2. The number of hydrogen-bond donors (Lipinski definition) is 1. The predicted molar refractivity (Wildman–Crippen MR) is 138 cm³/mol. The van der Waals surface area contributed by atoms with Crippen LogP contribution in [0.3, 0.4) is 0 Å². The molecule has 2 aliphatic rings. The first-order valence-electron chi connectivity index (χ1n) is 11.5. The third kappa shape index (κ3) is 4.61. The van der Waals surface area contributed by atoms with E-state index in [4.69, 9.17) is 9.72 Å². The molecule has 1 fully saturated rings. The van der Waals surface area contributed by atoms with E-state index >= 15 is 0 Å². The highest BCUT2D eigenvalue weighted by Gasteiger charge is 2.39. The molecule has 1 N–H and O–H groups in total. The van der Waals surface area contributed by atoms with Gasteiger partial charge in [0.2, 0.25) is 5.91 Å². The van der Waals surface area contributed by atoms with Gasteiger partial charge in [-0.1, -0.05) is 42.3 Å². The molecule has 0 unspecified atom stereocenters. The predicted octanol–water partition coefficient (Wildman–Crippen LogP) is 5.41. The van der Waals surface area contributed by atoms with Gasteiger partial charge in [0.05, 0.1) is 24.1 Å². The van der Waals surface area contributed by atoms with Gasteiger partial charge in [-0.3, -0.25) is 14.2 Å². The van der Waals surface area contributed by atoms with Crippen molar-refractivity contribution in [2.45, 2.75) is 54.0 Å². The van der Waals surface area contributed by atoms with E-state index < -0.39 is 0 Å². The molecular weight excluding hydrogens is 466 g/mol. The number of hydrogen-bond acceptors (Lipinski definition) is 6. The molecule has 5 rings (SSSR count). The number of fused-ring (bicyclic) bond motifs is 3. The summed E-state index contributed by atoms with van der Waals surface area (Å²) in [7, 11) is 1.62. The molecule has 0 spiro atoms. The molecule has 0 radical (unpaired) electrons. The van der Waals surface area contributed by atoms with Gasteiger partial charge >= 0.3 is 0 Å². The number of thioether (sulfide) groups is 2. The van der Waals surface area contributed by atoms with Gasteiger partial charge < -0.3 is 10.1 Å². The monoisotopic (exact) mass is 493 g/mol. The molecule has 1 amide bonds. The second-order valence-electron chi connectivity index (χ2n) is 8.70. The molecule has 0 bridgehead atoms. The van der Waals surface area contributed by atoms with Crippen LogP contribution in [0.25, 0.3) is 5.69 Å². The van der Waals surface area contributed by atoms with Crippen molar-refractivity contribution in [2.24, 2.45) is 0 Å². The Bertz CT molecular complexity index is 1260. The Labute approximate surface area is 207 Å². The Balaban J connectivity index is 1.46. The van der Waals surface area contributed by atoms with E-state index in [1.165, 1.54) is 18.2 Å². The van der Waals surface area contributed by atoms with Crippen LogP contribution in [0.1, 0.15) is 42.7 Å². The summed E-state index contributed by atoms with van der Waals surface area (Å²) in [6.07, 6.45) is 4.51. The summed E-state index contributed by atoms with van der Waals surface area (Å²) < 4.78 is 6.95. The van der Waals surface area contributed by atoms with Gasteiger partial charge in [0.15, 0.2) is 5.16 Å². The largest absolute Gasteiger partial charge is 0.497 e. The van der Waals surface area contributed by atoms with E-state index in [0.29, 0.717) is 10.4 Å². The van der Waals surface area contributed by atoms with E-state index in [2.05, 4.69) is 5.32 Å². The molecule has 6 nitrogen and oxygen atoms in total. The molecule has 2 heterocycles. The van der Waals surface area contributed by atoms with Gasteiger partial charge in [0.1, 0.15) is 10.8 Å². The fraction of sp³-hybridized carbons (Fsp3) is 0.346.